The summed E-state index contributed by atoms with van der Waals surface area (Å²) in [5.74, 6) is 1.98. The van der Waals surface area contributed by atoms with Crippen molar-refractivity contribution < 1.29 is 0 Å². The van der Waals surface area contributed by atoms with Crippen LogP contribution in [0.5, 0.6) is 0 Å². The van der Waals surface area contributed by atoms with Crippen LogP contribution in [0.1, 0.15) is 32.6 Å². The standard InChI is InChI=1S/C15H29N3/c1-12-10-17(2)7-4-8-18(12)11-15-14-6-3-5-13(14)9-16-15/h12-16H,3-11H2,1-2H3. The Labute approximate surface area is 112 Å². The monoisotopic (exact) mass is 251 g/mol. The number of nitrogens with zero attached hydrogens (tertiary/aromatic N) is 2. The molecule has 4 unspecified atom stereocenters. The van der Waals surface area contributed by atoms with Gasteiger partial charge in [-0.2, -0.15) is 0 Å². The van der Waals surface area contributed by atoms with Crippen LogP contribution in [0.25, 0.3) is 0 Å². The maximum absolute atomic E-state index is 3.80. The lowest BCUT2D eigenvalue weighted by Gasteiger charge is -2.32. The van der Waals surface area contributed by atoms with E-state index in [1.165, 1.54) is 58.4 Å². The summed E-state index contributed by atoms with van der Waals surface area (Å²) >= 11 is 0. The van der Waals surface area contributed by atoms with Gasteiger partial charge in [-0.25, -0.2) is 0 Å². The van der Waals surface area contributed by atoms with Crippen molar-refractivity contribution in [2.45, 2.75) is 44.7 Å². The Morgan fingerprint density at radius 1 is 1.17 bits per heavy atom. The molecular weight excluding hydrogens is 222 g/mol. The number of likely N-dealkylation sites (N-methyl/N-ethyl adjacent to an activating group) is 1. The van der Waals surface area contributed by atoms with E-state index in [0.717, 1.165) is 23.9 Å². The first kappa shape index (κ1) is 12.9. The molecule has 0 aromatic rings. The second kappa shape index (κ2) is 5.48. The van der Waals surface area contributed by atoms with Gasteiger partial charge in [0.05, 0.1) is 0 Å². The Hall–Kier alpha value is -0.120. The number of rotatable bonds is 2. The molecule has 104 valence electrons. The first-order chi connectivity index (χ1) is 8.74. The molecule has 3 aliphatic rings. The van der Waals surface area contributed by atoms with Crippen LogP contribution in [-0.2, 0) is 0 Å². The van der Waals surface area contributed by atoms with Crippen LogP contribution >= 0.6 is 0 Å². The first-order valence-corrected chi connectivity index (χ1v) is 7.90. The molecule has 2 aliphatic heterocycles. The van der Waals surface area contributed by atoms with E-state index in [1.54, 1.807) is 0 Å². The van der Waals surface area contributed by atoms with E-state index in [1.807, 2.05) is 0 Å². The van der Waals surface area contributed by atoms with E-state index < -0.39 is 0 Å². The van der Waals surface area contributed by atoms with Crippen molar-refractivity contribution in [2.75, 3.05) is 39.8 Å². The summed E-state index contributed by atoms with van der Waals surface area (Å²) < 4.78 is 0. The Morgan fingerprint density at radius 2 is 2.06 bits per heavy atom. The average molecular weight is 251 g/mol. The van der Waals surface area contributed by atoms with Crippen LogP contribution in [0.4, 0.5) is 0 Å². The summed E-state index contributed by atoms with van der Waals surface area (Å²) in [5, 5.41) is 3.80. The molecule has 1 aliphatic carbocycles. The molecular formula is C15H29N3. The number of hydrogen-bond donors (Lipinski definition) is 1. The van der Waals surface area contributed by atoms with E-state index in [4.69, 9.17) is 0 Å². The smallest absolute Gasteiger partial charge is 0.0226 e. The van der Waals surface area contributed by atoms with Crippen molar-refractivity contribution in [3.63, 3.8) is 0 Å². The van der Waals surface area contributed by atoms with Gasteiger partial charge in [-0.15, -0.1) is 0 Å². The van der Waals surface area contributed by atoms with Crippen molar-refractivity contribution >= 4 is 0 Å². The summed E-state index contributed by atoms with van der Waals surface area (Å²) in [4.78, 5) is 5.23. The van der Waals surface area contributed by atoms with E-state index in [2.05, 4.69) is 29.1 Å². The molecule has 3 fully saturated rings. The second-order valence-electron chi connectivity index (χ2n) is 6.83. The predicted molar refractivity (Wildman–Crippen MR) is 75.8 cm³/mol. The fourth-order valence-corrected chi connectivity index (χ4v) is 4.45. The molecule has 3 nitrogen and oxygen atoms in total. The van der Waals surface area contributed by atoms with Crippen LogP contribution in [0.3, 0.4) is 0 Å². The molecule has 2 heterocycles. The fraction of sp³-hybridized carbons (Fsp3) is 1.00. The highest BCUT2D eigenvalue weighted by molar-refractivity contribution is 4.96. The van der Waals surface area contributed by atoms with Gasteiger partial charge in [0, 0.05) is 25.2 Å². The molecule has 18 heavy (non-hydrogen) atoms. The Bertz CT molecular complexity index is 281. The normalized spacial score (nSPS) is 43.0. The topological polar surface area (TPSA) is 18.5 Å². The van der Waals surface area contributed by atoms with Gasteiger partial charge in [0.1, 0.15) is 0 Å². The van der Waals surface area contributed by atoms with Crippen molar-refractivity contribution in [1.82, 2.24) is 15.1 Å². The summed E-state index contributed by atoms with van der Waals surface area (Å²) in [6.45, 7) is 8.78. The third kappa shape index (κ3) is 2.59. The maximum Gasteiger partial charge on any atom is 0.0226 e. The average Bonchev–Trinajstić information content (AvgIpc) is 2.88. The minimum Gasteiger partial charge on any atom is -0.312 e. The zero-order valence-electron chi connectivity index (χ0n) is 12.1. The predicted octanol–water partition coefficient (Wildman–Crippen LogP) is 1.40. The third-order valence-electron chi connectivity index (χ3n) is 5.49. The highest BCUT2D eigenvalue weighted by Gasteiger charge is 2.39. The quantitative estimate of drug-likeness (QED) is 0.800. The largest absolute Gasteiger partial charge is 0.312 e. The molecule has 0 radical (unpaired) electrons. The highest BCUT2D eigenvalue weighted by Crippen LogP contribution is 2.38. The van der Waals surface area contributed by atoms with Crippen LogP contribution in [0, 0.1) is 11.8 Å². The van der Waals surface area contributed by atoms with Gasteiger partial charge >= 0.3 is 0 Å². The molecule has 0 aromatic heterocycles. The minimum atomic E-state index is 0.722. The van der Waals surface area contributed by atoms with Gasteiger partial charge in [0.15, 0.2) is 0 Å². The zero-order valence-corrected chi connectivity index (χ0v) is 12.1. The van der Waals surface area contributed by atoms with Gasteiger partial charge < -0.3 is 10.2 Å². The maximum atomic E-state index is 3.80. The summed E-state index contributed by atoms with van der Waals surface area (Å²) in [7, 11) is 2.26. The van der Waals surface area contributed by atoms with Crippen molar-refractivity contribution in [1.29, 1.82) is 0 Å². The Morgan fingerprint density at radius 3 is 2.94 bits per heavy atom. The SMILES string of the molecule is CC1CN(C)CCCN1CC1NCC2CCCC21. The van der Waals surface area contributed by atoms with Gasteiger partial charge in [-0.3, -0.25) is 4.90 Å². The van der Waals surface area contributed by atoms with E-state index in [9.17, 15) is 0 Å². The summed E-state index contributed by atoms with van der Waals surface area (Å²) in [6, 6.07) is 1.50. The van der Waals surface area contributed by atoms with E-state index >= 15 is 0 Å². The number of fused-ring (bicyclic) bond motifs is 1. The molecule has 0 spiro atoms. The summed E-state index contributed by atoms with van der Waals surface area (Å²) in [6.07, 6.45) is 5.77. The summed E-state index contributed by atoms with van der Waals surface area (Å²) in [5.41, 5.74) is 0. The molecule has 0 bridgehead atoms. The van der Waals surface area contributed by atoms with Gasteiger partial charge in [0.2, 0.25) is 0 Å². The fourth-order valence-electron chi connectivity index (χ4n) is 4.45. The minimum absolute atomic E-state index is 0.722. The van der Waals surface area contributed by atoms with Gasteiger partial charge in [-0.05, 0) is 64.7 Å². The Kier molecular flexibility index (Phi) is 3.92. The lowest BCUT2D eigenvalue weighted by Crippen LogP contribution is -2.46. The molecule has 1 saturated carbocycles. The van der Waals surface area contributed by atoms with Gasteiger partial charge in [0.25, 0.3) is 0 Å². The van der Waals surface area contributed by atoms with Crippen LogP contribution in [0.2, 0.25) is 0 Å². The number of hydrogen-bond acceptors (Lipinski definition) is 3. The van der Waals surface area contributed by atoms with E-state index in [-0.39, 0.29) is 0 Å². The first-order valence-electron chi connectivity index (χ1n) is 7.90. The number of nitrogens with one attached hydrogen (secondary N) is 1. The zero-order chi connectivity index (χ0) is 12.5. The van der Waals surface area contributed by atoms with Crippen molar-refractivity contribution in [3.05, 3.63) is 0 Å². The molecule has 3 heteroatoms. The Balaban J connectivity index is 1.58. The van der Waals surface area contributed by atoms with Crippen molar-refractivity contribution in [2.24, 2.45) is 11.8 Å². The molecule has 0 amide bonds. The van der Waals surface area contributed by atoms with Crippen LogP contribution in [-0.4, -0.2) is 61.7 Å². The molecule has 0 aromatic carbocycles. The molecule has 4 atom stereocenters. The van der Waals surface area contributed by atoms with Gasteiger partial charge in [-0.1, -0.05) is 6.42 Å². The lowest BCUT2D eigenvalue weighted by atomic mass is 9.93. The molecule has 1 N–H and O–H groups in total. The third-order valence-corrected chi connectivity index (χ3v) is 5.49. The molecule has 3 rings (SSSR count). The van der Waals surface area contributed by atoms with Crippen molar-refractivity contribution in [3.8, 4) is 0 Å². The van der Waals surface area contributed by atoms with E-state index in [0.29, 0.717) is 0 Å². The highest BCUT2D eigenvalue weighted by atomic mass is 15.2. The van der Waals surface area contributed by atoms with Crippen LogP contribution < -0.4 is 5.32 Å². The lowest BCUT2D eigenvalue weighted by molar-refractivity contribution is 0.173. The second-order valence-corrected chi connectivity index (χ2v) is 6.83. The molecule has 2 saturated heterocycles. The van der Waals surface area contributed by atoms with Crippen LogP contribution in [0.15, 0.2) is 0 Å².